The molecule has 0 radical (unpaired) electrons. The zero-order valence-electron chi connectivity index (χ0n) is 33.6. The van der Waals surface area contributed by atoms with Crippen molar-refractivity contribution in [3.63, 3.8) is 0 Å². The molecule has 9 rings (SSSR count). The van der Waals surface area contributed by atoms with E-state index >= 15 is 0 Å². The number of rotatable bonds is 9. The van der Waals surface area contributed by atoms with Crippen LogP contribution in [0.5, 0.6) is 0 Å². The van der Waals surface area contributed by atoms with Crippen molar-refractivity contribution in [3.8, 4) is 0 Å². The predicted octanol–water partition coefficient (Wildman–Crippen LogP) is 10.0. The van der Waals surface area contributed by atoms with Crippen LogP contribution in [0.1, 0.15) is 0 Å². The fraction of sp³-hybridized carbons (Fsp3) is 0. The van der Waals surface area contributed by atoms with Gasteiger partial charge in [0.1, 0.15) is 0 Å². The van der Waals surface area contributed by atoms with E-state index in [0.29, 0.717) is 0 Å². The van der Waals surface area contributed by atoms with Crippen LogP contribution < -0.4 is 47.7 Å². The zero-order chi connectivity index (χ0) is 41.5. The van der Waals surface area contributed by atoms with Crippen LogP contribution in [0, 0.1) is 0 Å². The van der Waals surface area contributed by atoms with Gasteiger partial charge in [-0.05, 0) is 71.5 Å². The third kappa shape index (κ3) is 14.2. The molecule has 0 saturated heterocycles. The molecule has 1 N–H and O–H groups in total. The van der Waals surface area contributed by atoms with Gasteiger partial charge in [-0.15, -0.1) is 0 Å². The first-order chi connectivity index (χ1) is 29.8. The van der Waals surface area contributed by atoms with E-state index in [2.05, 4.69) is 273 Å². The summed E-state index contributed by atoms with van der Waals surface area (Å²) in [6.45, 7) is -0.250. The molecule has 2 nitrogen and oxygen atoms in total. The summed E-state index contributed by atoms with van der Waals surface area (Å²) in [6, 6.07) is 97.0. The molecule has 0 aliphatic rings. The molecule has 0 amide bonds. The Morgan fingerprint density at radius 1 is 0.230 bits per heavy atom. The monoisotopic (exact) mass is 934 g/mol. The van der Waals surface area contributed by atoms with Gasteiger partial charge >= 0.3 is 0 Å². The van der Waals surface area contributed by atoms with Crippen LogP contribution in [0.3, 0.4) is 0 Å². The molecule has 6 heteroatoms. The van der Waals surface area contributed by atoms with Gasteiger partial charge in [0.05, 0.1) is 0 Å². The molecule has 0 unspecified atom stereocenters. The Balaban J connectivity index is 0.000000166. The Kier molecular flexibility index (Phi) is 20.2. The summed E-state index contributed by atoms with van der Waals surface area (Å²) in [4.78, 5) is 8.36. The fourth-order valence-electron chi connectivity index (χ4n) is 6.54. The van der Waals surface area contributed by atoms with Gasteiger partial charge in [0.15, 0.2) is 0 Å². The average Bonchev–Trinajstić information content (AvgIpc) is 3.33. The van der Waals surface area contributed by atoms with Crippen LogP contribution in [0.2, 0.25) is 0 Å². The van der Waals surface area contributed by atoms with Crippen LogP contribution in [-0.4, -0.2) is 11.6 Å². The van der Waals surface area contributed by atoms with Crippen molar-refractivity contribution in [2.24, 2.45) is 0 Å². The Bertz CT molecular complexity index is 1920. The second kappa shape index (κ2) is 26.5. The smallest absolute Gasteiger partial charge is 0.290 e. The maximum Gasteiger partial charge on any atom is 0.290 e. The first-order valence-electron chi connectivity index (χ1n) is 19.7. The molecule has 0 spiro atoms. The zero-order valence-corrected chi connectivity index (χ0v) is 38.0. The normalized spacial score (nSPS) is 10.1. The molecule has 0 saturated carbocycles. The van der Waals surface area contributed by atoms with Crippen molar-refractivity contribution in [1.82, 2.24) is 0 Å². The topological polar surface area (TPSA) is 37.3 Å². The molecule has 0 fully saturated rings. The minimum atomic E-state index is -0.446. The van der Waals surface area contributed by atoms with Gasteiger partial charge in [0, 0.05) is 19.5 Å². The first-order valence-corrected chi connectivity index (χ1v) is 23.7. The molecule has 0 heterocycles. The summed E-state index contributed by atoms with van der Waals surface area (Å²) in [5.41, 5.74) is 0. The van der Waals surface area contributed by atoms with Gasteiger partial charge in [0.25, 0.3) is 6.47 Å². The molecule has 0 aliphatic heterocycles. The molecule has 0 aromatic heterocycles. The van der Waals surface area contributed by atoms with Crippen molar-refractivity contribution < 1.29 is 29.4 Å². The van der Waals surface area contributed by atoms with Gasteiger partial charge in [0.2, 0.25) is 0 Å². The Labute approximate surface area is 378 Å². The maximum absolute atomic E-state index is 8.36. The van der Waals surface area contributed by atoms with E-state index in [1.54, 1.807) is 0 Å². The summed E-state index contributed by atoms with van der Waals surface area (Å²) in [5.74, 6) is 0. The van der Waals surface area contributed by atoms with Gasteiger partial charge in [-0.2, -0.15) is 0 Å². The van der Waals surface area contributed by atoms with E-state index in [1.807, 2.05) is 0 Å². The van der Waals surface area contributed by atoms with Gasteiger partial charge in [-0.3, -0.25) is 4.79 Å². The molecule has 0 bridgehead atoms. The van der Waals surface area contributed by atoms with Crippen LogP contribution in [0.4, 0.5) is 0 Å². The quantitative estimate of drug-likeness (QED) is 0.0890. The second-order valence-electron chi connectivity index (χ2n) is 13.1. The van der Waals surface area contributed by atoms with Crippen LogP contribution >= 0.6 is 23.8 Å². The Hall–Kier alpha value is -5.64. The maximum atomic E-state index is 8.36. The van der Waals surface area contributed by atoms with Crippen LogP contribution in [0.15, 0.2) is 273 Å². The van der Waals surface area contributed by atoms with E-state index in [0.717, 1.165) is 0 Å². The standard InChI is InChI=1S/3C18H15P.CH2O2.Ru/c3*1-4-10-16(11-5-1)19(17-12-6-2-7-13-17)18-14-8-3-9-15-18;2-1-3;/h3*1-15H;1H,(H,2,3);. The molecule has 9 aromatic carbocycles. The molecule has 0 aliphatic carbocycles. The van der Waals surface area contributed by atoms with Crippen LogP contribution in [0.25, 0.3) is 0 Å². The Morgan fingerprint density at radius 3 is 0.393 bits per heavy atom. The van der Waals surface area contributed by atoms with Crippen molar-refractivity contribution in [2.45, 2.75) is 0 Å². The molecular formula is C55H47O2P3Ru. The van der Waals surface area contributed by atoms with Crippen molar-refractivity contribution >= 4 is 78.0 Å². The molecule has 9 aromatic rings. The summed E-state index contributed by atoms with van der Waals surface area (Å²) in [6.07, 6.45) is 0. The van der Waals surface area contributed by atoms with E-state index in [-0.39, 0.29) is 26.0 Å². The van der Waals surface area contributed by atoms with Crippen LogP contribution in [-0.2, 0) is 24.3 Å². The Morgan fingerprint density at radius 2 is 0.311 bits per heavy atom. The third-order valence-corrected chi connectivity index (χ3v) is 16.5. The summed E-state index contributed by atoms with van der Waals surface area (Å²) in [7, 11) is -1.34. The number of carbonyl (C=O) groups is 1. The summed E-state index contributed by atoms with van der Waals surface area (Å²) in [5, 5.41) is 19.5. The molecular weight excluding hydrogens is 887 g/mol. The van der Waals surface area contributed by atoms with Crippen molar-refractivity contribution in [1.29, 1.82) is 0 Å². The SMILES string of the molecule is O=CO.[Ru].c1ccc(P(c2ccccc2)c2ccccc2)cc1.c1ccc(P(c2ccccc2)c2ccccc2)cc1.c1ccc(P(c2ccccc2)c2ccccc2)cc1. The van der Waals surface area contributed by atoms with Gasteiger partial charge in [-0.1, -0.05) is 273 Å². The second-order valence-corrected chi connectivity index (χ2v) is 19.8. The van der Waals surface area contributed by atoms with Gasteiger partial charge in [-0.25, -0.2) is 0 Å². The van der Waals surface area contributed by atoms with E-state index in [9.17, 15) is 0 Å². The number of carboxylic acid groups (broad SMARTS) is 1. The third-order valence-electron chi connectivity index (χ3n) is 9.13. The first kappa shape index (κ1) is 46.4. The average molecular weight is 934 g/mol. The van der Waals surface area contributed by atoms with Gasteiger partial charge < -0.3 is 5.11 Å². The van der Waals surface area contributed by atoms with Crippen molar-refractivity contribution in [2.75, 3.05) is 0 Å². The number of hydrogen-bond acceptors (Lipinski definition) is 1. The minimum Gasteiger partial charge on any atom is -0.483 e. The summed E-state index contributed by atoms with van der Waals surface area (Å²) >= 11 is 0. The van der Waals surface area contributed by atoms with E-state index < -0.39 is 23.8 Å². The van der Waals surface area contributed by atoms with E-state index in [4.69, 9.17) is 9.90 Å². The minimum absolute atomic E-state index is 0. The molecule has 302 valence electrons. The molecule has 0 atom stereocenters. The predicted molar refractivity (Wildman–Crippen MR) is 264 cm³/mol. The number of benzene rings is 9. The summed E-state index contributed by atoms with van der Waals surface area (Å²) < 4.78 is 0. The van der Waals surface area contributed by atoms with Crippen molar-refractivity contribution in [3.05, 3.63) is 273 Å². The largest absolute Gasteiger partial charge is 0.483 e. The molecule has 61 heavy (non-hydrogen) atoms. The van der Waals surface area contributed by atoms with E-state index in [1.165, 1.54) is 47.7 Å². The number of hydrogen-bond donors (Lipinski definition) is 1. The fourth-order valence-corrected chi connectivity index (χ4v) is 13.5.